The zero-order valence-corrected chi connectivity index (χ0v) is 15.0. The lowest BCUT2D eigenvalue weighted by Gasteiger charge is -2.35. The quantitative estimate of drug-likeness (QED) is 0.848. The number of hydrogen-bond acceptors (Lipinski definition) is 3. The second kappa shape index (κ2) is 7.72. The summed E-state index contributed by atoms with van der Waals surface area (Å²) < 4.78 is 5.20. The van der Waals surface area contributed by atoms with Crippen molar-refractivity contribution in [3.63, 3.8) is 0 Å². The van der Waals surface area contributed by atoms with Crippen molar-refractivity contribution in [3.05, 3.63) is 35.9 Å². The first-order valence-electron chi connectivity index (χ1n) is 8.96. The van der Waals surface area contributed by atoms with Crippen molar-refractivity contribution < 1.29 is 14.3 Å². The van der Waals surface area contributed by atoms with Gasteiger partial charge in [0.05, 0.1) is 7.11 Å². The highest BCUT2D eigenvalue weighted by molar-refractivity contribution is 5.81. The van der Waals surface area contributed by atoms with Gasteiger partial charge in [-0.2, -0.15) is 0 Å². The van der Waals surface area contributed by atoms with E-state index in [1.54, 1.807) is 14.0 Å². The number of carbonyl (C=O) groups excluding carboxylic acids is 2. The second-order valence-corrected chi connectivity index (χ2v) is 6.77. The summed E-state index contributed by atoms with van der Waals surface area (Å²) in [6, 6.07) is 8.08. The summed E-state index contributed by atoms with van der Waals surface area (Å²) in [4.78, 5) is 27.9. The average Bonchev–Trinajstić information content (AvgIpc) is 2.67. The minimum absolute atomic E-state index is 0.0616. The fourth-order valence-corrected chi connectivity index (χ4v) is 3.64. The standard InChI is InChI=1S/C20H26N2O3/c1-15(23)21-11-9-18(10-12-21)20(24)22-13-7-17(8-14-22)16-3-5-19(25-2)6-4-16/h3-7,18H,8-14H2,1-2H3. The monoisotopic (exact) mass is 342 g/mol. The first kappa shape index (κ1) is 17.5. The van der Waals surface area contributed by atoms with E-state index in [0.717, 1.165) is 31.6 Å². The van der Waals surface area contributed by atoms with Crippen molar-refractivity contribution in [3.8, 4) is 5.75 Å². The normalized spacial score (nSPS) is 18.7. The first-order chi connectivity index (χ1) is 12.1. The average molecular weight is 342 g/mol. The molecule has 5 heteroatoms. The van der Waals surface area contributed by atoms with E-state index < -0.39 is 0 Å². The lowest BCUT2D eigenvalue weighted by molar-refractivity contribution is -0.139. The summed E-state index contributed by atoms with van der Waals surface area (Å²) >= 11 is 0. The predicted molar refractivity (Wildman–Crippen MR) is 97.1 cm³/mol. The number of piperidine rings is 1. The Morgan fingerprint density at radius 1 is 1.04 bits per heavy atom. The number of hydrogen-bond donors (Lipinski definition) is 0. The Balaban J connectivity index is 1.56. The van der Waals surface area contributed by atoms with Gasteiger partial charge in [0, 0.05) is 39.0 Å². The van der Waals surface area contributed by atoms with Gasteiger partial charge in [-0.25, -0.2) is 0 Å². The second-order valence-electron chi connectivity index (χ2n) is 6.77. The Kier molecular flexibility index (Phi) is 5.41. The smallest absolute Gasteiger partial charge is 0.226 e. The van der Waals surface area contributed by atoms with Crippen molar-refractivity contribution in [2.75, 3.05) is 33.3 Å². The van der Waals surface area contributed by atoms with Crippen LogP contribution in [0.2, 0.25) is 0 Å². The summed E-state index contributed by atoms with van der Waals surface area (Å²) in [5.74, 6) is 1.27. The van der Waals surface area contributed by atoms with Crippen LogP contribution in [0, 0.1) is 5.92 Å². The van der Waals surface area contributed by atoms with E-state index in [4.69, 9.17) is 4.74 Å². The van der Waals surface area contributed by atoms with Gasteiger partial charge in [0.25, 0.3) is 0 Å². The molecule has 2 amide bonds. The molecule has 0 saturated carbocycles. The minimum Gasteiger partial charge on any atom is -0.497 e. The SMILES string of the molecule is COc1ccc(C2=CCN(C(=O)C3CCN(C(C)=O)CC3)CC2)cc1. The Labute approximate surface area is 149 Å². The third-order valence-electron chi connectivity index (χ3n) is 5.27. The lowest BCUT2D eigenvalue weighted by Crippen LogP contribution is -2.44. The molecule has 3 rings (SSSR count). The van der Waals surface area contributed by atoms with Crippen LogP contribution < -0.4 is 4.74 Å². The van der Waals surface area contributed by atoms with E-state index in [1.165, 1.54) is 11.1 Å². The molecule has 0 aromatic heterocycles. The third-order valence-corrected chi connectivity index (χ3v) is 5.27. The van der Waals surface area contributed by atoms with Gasteiger partial charge >= 0.3 is 0 Å². The molecular formula is C20H26N2O3. The number of carbonyl (C=O) groups is 2. The summed E-state index contributed by atoms with van der Waals surface area (Å²) in [5.41, 5.74) is 2.49. The number of likely N-dealkylation sites (tertiary alicyclic amines) is 1. The Morgan fingerprint density at radius 3 is 2.24 bits per heavy atom. The molecule has 0 unspecified atom stereocenters. The minimum atomic E-state index is 0.0616. The summed E-state index contributed by atoms with van der Waals surface area (Å²) in [5, 5.41) is 0. The maximum absolute atomic E-state index is 12.7. The number of methoxy groups -OCH3 is 1. The number of nitrogens with zero attached hydrogens (tertiary/aromatic N) is 2. The van der Waals surface area contributed by atoms with Gasteiger partial charge in [-0.05, 0) is 42.5 Å². The Bertz CT molecular complexity index is 658. The van der Waals surface area contributed by atoms with E-state index in [9.17, 15) is 9.59 Å². The molecule has 134 valence electrons. The maximum Gasteiger partial charge on any atom is 0.226 e. The summed E-state index contributed by atoms with van der Waals surface area (Å²) in [7, 11) is 1.67. The van der Waals surface area contributed by atoms with E-state index in [2.05, 4.69) is 18.2 Å². The molecule has 0 atom stereocenters. The zero-order chi connectivity index (χ0) is 17.8. The highest BCUT2D eigenvalue weighted by atomic mass is 16.5. The summed E-state index contributed by atoms with van der Waals surface area (Å²) in [6.07, 6.45) is 4.60. The molecule has 2 aliphatic rings. The molecule has 1 saturated heterocycles. The highest BCUT2D eigenvalue weighted by Crippen LogP contribution is 2.26. The van der Waals surface area contributed by atoms with E-state index >= 15 is 0 Å². The van der Waals surface area contributed by atoms with Crippen molar-refractivity contribution in [1.29, 1.82) is 0 Å². The molecule has 0 bridgehead atoms. The summed E-state index contributed by atoms with van der Waals surface area (Å²) in [6.45, 7) is 4.44. The lowest BCUT2D eigenvalue weighted by atomic mass is 9.93. The van der Waals surface area contributed by atoms with E-state index in [-0.39, 0.29) is 17.7 Å². The van der Waals surface area contributed by atoms with Gasteiger partial charge in [0.2, 0.25) is 11.8 Å². The molecule has 1 aromatic carbocycles. The maximum atomic E-state index is 12.7. The van der Waals surface area contributed by atoms with Crippen molar-refractivity contribution >= 4 is 17.4 Å². The highest BCUT2D eigenvalue weighted by Gasteiger charge is 2.29. The van der Waals surface area contributed by atoms with Crippen LogP contribution in [-0.4, -0.2) is 54.9 Å². The van der Waals surface area contributed by atoms with E-state index in [0.29, 0.717) is 19.6 Å². The molecular weight excluding hydrogens is 316 g/mol. The van der Waals surface area contributed by atoms with Gasteiger partial charge in [0.1, 0.15) is 5.75 Å². The van der Waals surface area contributed by atoms with Crippen LogP contribution in [0.5, 0.6) is 5.75 Å². The third kappa shape index (κ3) is 4.03. The number of rotatable bonds is 3. The fourth-order valence-electron chi connectivity index (χ4n) is 3.64. The molecule has 0 N–H and O–H groups in total. The first-order valence-corrected chi connectivity index (χ1v) is 8.96. The van der Waals surface area contributed by atoms with Crippen molar-refractivity contribution in [2.45, 2.75) is 26.2 Å². The molecule has 5 nitrogen and oxygen atoms in total. The molecule has 0 aliphatic carbocycles. The van der Waals surface area contributed by atoms with Gasteiger partial charge in [-0.15, -0.1) is 0 Å². The number of benzene rings is 1. The van der Waals surface area contributed by atoms with Crippen molar-refractivity contribution in [2.24, 2.45) is 5.92 Å². The van der Waals surface area contributed by atoms with Crippen LogP contribution in [0.15, 0.2) is 30.3 Å². The van der Waals surface area contributed by atoms with Crippen LogP contribution in [-0.2, 0) is 9.59 Å². The van der Waals surface area contributed by atoms with Crippen LogP contribution in [0.1, 0.15) is 31.7 Å². The Hall–Kier alpha value is -2.30. The van der Waals surface area contributed by atoms with Crippen LogP contribution in [0.25, 0.3) is 5.57 Å². The molecule has 2 aliphatic heterocycles. The van der Waals surface area contributed by atoms with Gasteiger partial charge in [-0.3, -0.25) is 9.59 Å². The number of ether oxygens (including phenoxy) is 1. The number of amides is 2. The fraction of sp³-hybridized carbons (Fsp3) is 0.500. The van der Waals surface area contributed by atoms with Gasteiger partial charge in [0.15, 0.2) is 0 Å². The topological polar surface area (TPSA) is 49.9 Å². The van der Waals surface area contributed by atoms with Crippen molar-refractivity contribution in [1.82, 2.24) is 9.80 Å². The van der Waals surface area contributed by atoms with Crippen LogP contribution in [0.3, 0.4) is 0 Å². The van der Waals surface area contributed by atoms with Crippen LogP contribution in [0.4, 0.5) is 0 Å². The molecule has 1 aromatic rings. The van der Waals surface area contributed by atoms with Gasteiger partial charge < -0.3 is 14.5 Å². The molecule has 0 radical (unpaired) electrons. The zero-order valence-electron chi connectivity index (χ0n) is 15.0. The Morgan fingerprint density at radius 2 is 1.72 bits per heavy atom. The van der Waals surface area contributed by atoms with Crippen LogP contribution >= 0.6 is 0 Å². The molecule has 25 heavy (non-hydrogen) atoms. The molecule has 0 spiro atoms. The molecule has 1 fully saturated rings. The van der Waals surface area contributed by atoms with E-state index in [1.807, 2.05) is 21.9 Å². The predicted octanol–water partition coefficient (Wildman–Crippen LogP) is 2.57. The van der Waals surface area contributed by atoms with Gasteiger partial charge in [-0.1, -0.05) is 18.2 Å². The molecule has 2 heterocycles. The largest absolute Gasteiger partial charge is 0.497 e.